The van der Waals surface area contributed by atoms with Gasteiger partial charge < -0.3 is 4.90 Å². The lowest BCUT2D eigenvalue weighted by Gasteiger charge is -2.22. The number of rotatable bonds is 2. The molecule has 27 heavy (non-hydrogen) atoms. The van der Waals surface area contributed by atoms with Gasteiger partial charge in [0.2, 0.25) is 0 Å². The number of halogens is 1. The van der Waals surface area contributed by atoms with Gasteiger partial charge in [0, 0.05) is 37.3 Å². The molecule has 0 aliphatic carbocycles. The predicted molar refractivity (Wildman–Crippen MR) is 117 cm³/mol. The first-order chi connectivity index (χ1) is 12.7. The largest absolute Gasteiger partial charge is 0.302 e. The highest BCUT2D eigenvalue weighted by molar-refractivity contribution is 7.21. The Morgan fingerprint density at radius 2 is 1.81 bits per heavy atom. The van der Waals surface area contributed by atoms with Crippen LogP contribution in [0.5, 0.6) is 0 Å². The maximum atomic E-state index is 4.86. The molecule has 0 bridgehead atoms. The van der Waals surface area contributed by atoms with Crippen LogP contribution in [0.25, 0.3) is 37.3 Å². The molecule has 6 heteroatoms. The van der Waals surface area contributed by atoms with Gasteiger partial charge >= 0.3 is 0 Å². The summed E-state index contributed by atoms with van der Waals surface area (Å²) in [5.41, 5.74) is 6.05. The molecule has 0 radical (unpaired) electrons. The summed E-state index contributed by atoms with van der Waals surface area (Å²) in [5, 5.41) is 6.67. The zero-order valence-electron chi connectivity index (χ0n) is 15.3. The summed E-state index contributed by atoms with van der Waals surface area (Å²) in [6.07, 6.45) is 5.52. The third-order valence-electron chi connectivity index (χ3n) is 5.04. The Labute approximate surface area is 168 Å². The molecule has 2 aromatic carbocycles. The average Bonchev–Trinajstić information content (AvgIpc) is 3.23. The number of aryl methyl sites for hydroxylation is 1. The van der Waals surface area contributed by atoms with Crippen molar-refractivity contribution in [1.82, 2.24) is 19.7 Å². The Kier molecular flexibility index (Phi) is 4.76. The topological polar surface area (TPSA) is 34.0 Å². The Bertz CT molecular complexity index is 1160. The molecule has 0 amide bonds. The molecule has 4 aromatic rings. The molecular weight excluding hydrogens is 376 g/mol. The minimum atomic E-state index is 0. The number of aromatic nitrogens is 3. The first-order valence-corrected chi connectivity index (χ1v) is 9.70. The predicted octanol–water partition coefficient (Wildman–Crippen LogP) is 4.99. The first kappa shape index (κ1) is 18.2. The molecule has 1 aliphatic heterocycles. The molecular formula is C21H21ClN4S. The highest BCUT2D eigenvalue weighted by atomic mass is 35.5. The smallest absolute Gasteiger partial charge is 0.124 e. The molecule has 0 saturated carbocycles. The molecule has 0 spiro atoms. The third-order valence-corrected chi connectivity index (χ3v) is 6.10. The van der Waals surface area contributed by atoms with Crippen LogP contribution in [0.3, 0.4) is 0 Å². The quantitative estimate of drug-likeness (QED) is 0.478. The average molecular weight is 397 g/mol. The van der Waals surface area contributed by atoms with E-state index in [1.165, 1.54) is 15.8 Å². The first-order valence-electron chi connectivity index (χ1n) is 8.88. The van der Waals surface area contributed by atoms with E-state index in [0.717, 1.165) is 46.5 Å². The summed E-state index contributed by atoms with van der Waals surface area (Å²) >= 11 is 1.77. The molecule has 2 aromatic heterocycles. The van der Waals surface area contributed by atoms with Crippen molar-refractivity contribution < 1.29 is 0 Å². The van der Waals surface area contributed by atoms with Crippen molar-refractivity contribution >= 4 is 50.4 Å². The minimum absolute atomic E-state index is 0. The fourth-order valence-corrected chi connectivity index (χ4v) is 4.56. The van der Waals surface area contributed by atoms with E-state index < -0.39 is 0 Å². The van der Waals surface area contributed by atoms with Crippen LogP contribution in [0.1, 0.15) is 12.0 Å². The molecule has 0 N–H and O–H groups in total. The second-order valence-electron chi connectivity index (χ2n) is 7.02. The molecule has 0 atom stereocenters. The number of benzene rings is 2. The number of likely N-dealkylation sites (N-methyl/N-ethyl adjacent to an activating group) is 1. The lowest BCUT2D eigenvalue weighted by Crippen LogP contribution is -2.23. The number of hydrogen-bond donors (Lipinski definition) is 0. The summed E-state index contributed by atoms with van der Waals surface area (Å²) in [4.78, 5) is 7.21. The highest BCUT2D eigenvalue weighted by Crippen LogP contribution is 2.34. The number of nitrogens with zero attached hydrogens (tertiary/aromatic N) is 4. The van der Waals surface area contributed by atoms with E-state index in [-0.39, 0.29) is 12.4 Å². The molecule has 5 rings (SSSR count). The van der Waals surface area contributed by atoms with Crippen molar-refractivity contribution in [2.24, 2.45) is 7.05 Å². The van der Waals surface area contributed by atoms with Gasteiger partial charge in [-0.25, -0.2) is 4.98 Å². The maximum Gasteiger partial charge on any atom is 0.124 e. The van der Waals surface area contributed by atoms with Crippen molar-refractivity contribution in [3.8, 4) is 10.6 Å². The van der Waals surface area contributed by atoms with Gasteiger partial charge in [-0.2, -0.15) is 5.10 Å². The van der Waals surface area contributed by atoms with Crippen LogP contribution in [0, 0.1) is 0 Å². The fraction of sp³-hybridized carbons (Fsp3) is 0.238. The van der Waals surface area contributed by atoms with Gasteiger partial charge in [0.05, 0.1) is 15.7 Å². The SMILES string of the molecule is CN1CC=C(c2ccc3nc(-c4ccc5nn(C)cc5c4)sc3c2)CC1.Cl. The van der Waals surface area contributed by atoms with Gasteiger partial charge in [-0.15, -0.1) is 23.7 Å². The summed E-state index contributed by atoms with van der Waals surface area (Å²) in [6, 6.07) is 13.1. The van der Waals surface area contributed by atoms with Crippen molar-refractivity contribution in [3.05, 3.63) is 54.2 Å². The van der Waals surface area contributed by atoms with Gasteiger partial charge in [0.15, 0.2) is 0 Å². The second kappa shape index (κ2) is 7.08. The van der Waals surface area contributed by atoms with Gasteiger partial charge in [-0.3, -0.25) is 4.68 Å². The Morgan fingerprint density at radius 3 is 2.63 bits per heavy atom. The molecule has 1 aliphatic rings. The lowest BCUT2D eigenvalue weighted by atomic mass is 10.00. The van der Waals surface area contributed by atoms with Gasteiger partial charge in [0.25, 0.3) is 0 Å². The van der Waals surface area contributed by atoms with E-state index in [2.05, 4.69) is 65.7 Å². The Morgan fingerprint density at radius 1 is 1.00 bits per heavy atom. The van der Waals surface area contributed by atoms with E-state index in [0.29, 0.717) is 0 Å². The molecule has 138 valence electrons. The van der Waals surface area contributed by atoms with Crippen molar-refractivity contribution in [1.29, 1.82) is 0 Å². The number of thiazole rings is 1. The summed E-state index contributed by atoms with van der Waals surface area (Å²) in [6.45, 7) is 2.16. The summed E-state index contributed by atoms with van der Waals surface area (Å²) in [5.74, 6) is 0. The van der Waals surface area contributed by atoms with E-state index in [9.17, 15) is 0 Å². The normalized spacial score (nSPS) is 15.1. The molecule has 0 unspecified atom stereocenters. The number of fused-ring (bicyclic) bond motifs is 2. The van der Waals surface area contributed by atoms with Crippen LogP contribution < -0.4 is 0 Å². The Balaban J connectivity index is 0.00000180. The van der Waals surface area contributed by atoms with Crippen molar-refractivity contribution in [2.45, 2.75) is 6.42 Å². The molecule has 0 fully saturated rings. The van der Waals surface area contributed by atoms with Crippen molar-refractivity contribution in [2.75, 3.05) is 20.1 Å². The van der Waals surface area contributed by atoms with Gasteiger partial charge in [0.1, 0.15) is 5.01 Å². The lowest BCUT2D eigenvalue weighted by molar-refractivity contribution is 0.370. The van der Waals surface area contributed by atoms with Crippen LogP contribution in [-0.2, 0) is 7.05 Å². The van der Waals surface area contributed by atoms with E-state index in [4.69, 9.17) is 4.98 Å². The van der Waals surface area contributed by atoms with E-state index in [1.54, 1.807) is 11.3 Å². The molecule has 3 heterocycles. The van der Waals surface area contributed by atoms with Crippen LogP contribution >= 0.6 is 23.7 Å². The molecule has 0 saturated heterocycles. The van der Waals surface area contributed by atoms with Crippen LogP contribution in [0.2, 0.25) is 0 Å². The third kappa shape index (κ3) is 3.38. The van der Waals surface area contributed by atoms with E-state index >= 15 is 0 Å². The summed E-state index contributed by atoms with van der Waals surface area (Å²) in [7, 11) is 4.13. The second-order valence-corrected chi connectivity index (χ2v) is 8.05. The maximum absolute atomic E-state index is 4.86. The monoisotopic (exact) mass is 396 g/mol. The van der Waals surface area contributed by atoms with Crippen LogP contribution in [0.4, 0.5) is 0 Å². The Hall–Kier alpha value is -2.21. The van der Waals surface area contributed by atoms with Gasteiger partial charge in [-0.05, 0) is 54.9 Å². The zero-order valence-corrected chi connectivity index (χ0v) is 17.0. The van der Waals surface area contributed by atoms with Crippen molar-refractivity contribution in [3.63, 3.8) is 0 Å². The fourth-order valence-electron chi connectivity index (χ4n) is 3.56. The standard InChI is InChI=1S/C21H20N4S.ClH/c1-24-9-7-14(8-10-24)15-3-6-19-20(12-15)26-21(22-19)16-4-5-18-17(11-16)13-25(2)23-18;/h3-7,11-13H,8-10H2,1-2H3;1H. The van der Waals surface area contributed by atoms with Gasteiger partial charge in [-0.1, -0.05) is 12.1 Å². The van der Waals surface area contributed by atoms with Crippen LogP contribution in [0.15, 0.2) is 48.7 Å². The highest BCUT2D eigenvalue weighted by Gasteiger charge is 2.12. The van der Waals surface area contributed by atoms with E-state index in [1.807, 2.05) is 11.7 Å². The molecule has 4 nitrogen and oxygen atoms in total. The summed E-state index contributed by atoms with van der Waals surface area (Å²) < 4.78 is 3.11. The zero-order chi connectivity index (χ0) is 17.7. The number of hydrogen-bond acceptors (Lipinski definition) is 4. The minimum Gasteiger partial charge on any atom is -0.302 e. The van der Waals surface area contributed by atoms with Crippen LogP contribution in [-0.4, -0.2) is 39.8 Å².